The maximum Gasteiger partial charge on any atom is 0.0419 e. The summed E-state index contributed by atoms with van der Waals surface area (Å²) in [5.41, 5.74) is 14.9. The molecule has 13 heavy (non-hydrogen) atoms. The number of halogens is 1. The largest absolute Gasteiger partial charge is 0.329 e. The highest BCUT2D eigenvalue weighted by Crippen LogP contribution is 2.14. The molecular weight excluding hydrogens is 184 g/mol. The van der Waals surface area contributed by atoms with Crippen molar-refractivity contribution >= 4 is 12.4 Å². The van der Waals surface area contributed by atoms with Gasteiger partial charge in [0.25, 0.3) is 0 Å². The Bertz CT molecular complexity index is 274. The monoisotopic (exact) mass is 200 g/mol. The van der Waals surface area contributed by atoms with Crippen molar-refractivity contribution in [1.29, 1.82) is 0 Å². The smallest absolute Gasteiger partial charge is 0.0419 e. The van der Waals surface area contributed by atoms with Gasteiger partial charge in [-0.15, -0.1) is 12.4 Å². The van der Waals surface area contributed by atoms with Gasteiger partial charge in [-0.25, -0.2) is 0 Å². The van der Waals surface area contributed by atoms with E-state index in [-0.39, 0.29) is 18.4 Å². The molecule has 0 aliphatic heterocycles. The molecule has 0 unspecified atom stereocenters. The minimum Gasteiger partial charge on any atom is -0.329 e. The minimum absolute atomic E-state index is 0. The van der Waals surface area contributed by atoms with Gasteiger partial charge in [0.2, 0.25) is 0 Å². The number of hydrogen-bond acceptors (Lipinski definition) is 2. The Kier molecular flexibility index (Phi) is 4.99. The van der Waals surface area contributed by atoms with Crippen LogP contribution in [0.4, 0.5) is 0 Å². The van der Waals surface area contributed by atoms with Crippen LogP contribution in [0, 0.1) is 13.8 Å². The van der Waals surface area contributed by atoms with Crippen LogP contribution in [0.25, 0.3) is 0 Å². The summed E-state index contributed by atoms with van der Waals surface area (Å²) in [4.78, 5) is 0. The van der Waals surface area contributed by atoms with E-state index in [0.717, 1.165) is 5.56 Å². The van der Waals surface area contributed by atoms with Crippen LogP contribution in [0.3, 0.4) is 0 Å². The highest BCUT2D eigenvalue weighted by molar-refractivity contribution is 5.85. The Morgan fingerprint density at radius 2 is 1.85 bits per heavy atom. The molecule has 0 aromatic heterocycles. The zero-order valence-corrected chi connectivity index (χ0v) is 8.90. The van der Waals surface area contributed by atoms with Gasteiger partial charge in [0.1, 0.15) is 0 Å². The van der Waals surface area contributed by atoms with E-state index in [1.54, 1.807) is 0 Å². The number of rotatable bonds is 2. The quantitative estimate of drug-likeness (QED) is 0.764. The van der Waals surface area contributed by atoms with Crippen LogP contribution < -0.4 is 11.5 Å². The van der Waals surface area contributed by atoms with E-state index >= 15 is 0 Å². The summed E-state index contributed by atoms with van der Waals surface area (Å²) < 4.78 is 0. The molecule has 0 spiro atoms. The van der Waals surface area contributed by atoms with E-state index in [2.05, 4.69) is 26.0 Å². The van der Waals surface area contributed by atoms with Gasteiger partial charge < -0.3 is 11.5 Å². The molecule has 1 rings (SSSR count). The fourth-order valence-corrected chi connectivity index (χ4v) is 1.13. The van der Waals surface area contributed by atoms with E-state index in [1.165, 1.54) is 11.1 Å². The van der Waals surface area contributed by atoms with Gasteiger partial charge in [-0.2, -0.15) is 0 Å². The van der Waals surface area contributed by atoms with Crippen LogP contribution in [0.15, 0.2) is 18.2 Å². The molecule has 3 heteroatoms. The molecule has 0 saturated carbocycles. The van der Waals surface area contributed by atoms with Crippen LogP contribution in [0.5, 0.6) is 0 Å². The molecule has 74 valence electrons. The van der Waals surface area contributed by atoms with Crippen LogP contribution in [-0.2, 0) is 0 Å². The lowest BCUT2D eigenvalue weighted by molar-refractivity contribution is 0.736. The van der Waals surface area contributed by atoms with Crippen molar-refractivity contribution in [3.05, 3.63) is 34.9 Å². The third-order valence-corrected chi connectivity index (χ3v) is 2.21. The topological polar surface area (TPSA) is 52.0 Å². The maximum absolute atomic E-state index is 5.79. The second kappa shape index (κ2) is 5.22. The average molecular weight is 201 g/mol. The van der Waals surface area contributed by atoms with Gasteiger partial charge in [0.15, 0.2) is 0 Å². The van der Waals surface area contributed by atoms with E-state index in [9.17, 15) is 0 Å². The number of nitrogens with two attached hydrogens (primary N) is 2. The fourth-order valence-electron chi connectivity index (χ4n) is 1.13. The normalized spacial score (nSPS) is 12.0. The van der Waals surface area contributed by atoms with Gasteiger partial charge in [-0.05, 0) is 30.5 Å². The molecule has 0 fully saturated rings. The summed E-state index contributed by atoms with van der Waals surface area (Å²) >= 11 is 0. The van der Waals surface area contributed by atoms with Gasteiger partial charge in [0.05, 0.1) is 0 Å². The van der Waals surface area contributed by atoms with Crippen molar-refractivity contribution in [3.8, 4) is 0 Å². The number of hydrogen-bond donors (Lipinski definition) is 2. The maximum atomic E-state index is 5.79. The molecule has 1 aromatic rings. The van der Waals surface area contributed by atoms with Gasteiger partial charge in [-0.3, -0.25) is 0 Å². The number of benzene rings is 1. The van der Waals surface area contributed by atoms with E-state index in [0.29, 0.717) is 6.54 Å². The minimum atomic E-state index is -0.0238. The van der Waals surface area contributed by atoms with E-state index < -0.39 is 0 Å². The number of aryl methyl sites for hydroxylation is 2. The second-order valence-corrected chi connectivity index (χ2v) is 3.19. The molecule has 1 aromatic carbocycles. The summed E-state index contributed by atoms with van der Waals surface area (Å²) in [6, 6.07) is 6.21. The second-order valence-electron chi connectivity index (χ2n) is 3.19. The first-order valence-electron chi connectivity index (χ1n) is 4.18. The molecule has 0 bridgehead atoms. The lowest BCUT2D eigenvalue weighted by atomic mass is 10.0. The van der Waals surface area contributed by atoms with Gasteiger partial charge in [-0.1, -0.05) is 18.2 Å². The first kappa shape index (κ1) is 12.4. The Morgan fingerprint density at radius 3 is 2.31 bits per heavy atom. The molecule has 0 aliphatic rings. The first-order chi connectivity index (χ1) is 5.65. The highest BCUT2D eigenvalue weighted by atomic mass is 35.5. The standard InChI is InChI=1S/C10H16N2.ClH/c1-7-3-4-9(5-8(7)2)10(12)6-11;/h3-5,10H,6,11-12H2,1-2H3;1H/t10-;/m0./s1. The third kappa shape index (κ3) is 2.99. The highest BCUT2D eigenvalue weighted by Gasteiger charge is 2.03. The van der Waals surface area contributed by atoms with Crippen molar-refractivity contribution in [2.75, 3.05) is 6.54 Å². The third-order valence-electron chi connectivity index (χ3n) is 2.21. The van der Waals surface area contributed by atoms with Crippen molar-refractivity contribution in [1.82, 2.24) is 0 Å². The lowest BCUT2D eigenvalue weighted by Gasteiger charge is -2.10. The van der Waals surface area contributed by atoms with Crippen molar-refractivity contribution in [2.45, 2.75) is 19.9 Å². The van der Waals surface area contributed by atoms with Crippen molar-refractivity contribution in [2.24, 2.45) is 11.5 Å². The van der Waals surface area contributed by atoms with Crippen LogP contribution in [-0.4, -0.2) is 6.54 Å². The van der Waals surface area contributed by atoms with E-state index in [4.69, 9.17) is 11.5 Å². The molecule has 0 heterocycles. The molecule has 0 radical (unpaired) electrons. The van der Waals surface area contributed by atoms with Gasteiger partial charge in [0, 0.05) is 12.6 Å². The Balaban J connectivity index is 0.00000144. The molecule has 4 N–H and O–H groups in total. The summed E-state index contributed by atoms with van der Waals surface area (Å²) in [7, 11) is 0. The van der Waals surface area contributed by atoms with E-state index in [1.807, 2.05) is 6.07 Å². The van der Waals surface area contributed by atoms with Crippen LogP contribution in [0.1, 0.15) is 22.7 Å². The van der Waals surface area contributed by atoms with Crippen LogP contribution in [0.2, 0.25) is 0 Å². The molecule has 0 amide bonds. The van der Waals surface area contributed by atoms with Crippen molar-refractivity contribution < 1.29 is 0 Å². The fraction of sp³-hybridized carbons (Fsp3) is 0.400. The Morgan fingerprint density at radius 1 is 1.23 bits per heavy atom. The summed E-state index contributed by atoms with van der Waals surface area (Å²) in [5.74, 6) is 0. The lowest BCUT2D eigenvalue weighted by Crippen LogP contribution is -2.20. The average Bonchev–Trinajstić information content (AvgIpc) is 2.08. The Hall–Kier alpha value is -0.570. The SMILES string of the molecule is Cc1ccc([C@@H](N)CN)cc1C.Cl. The predicted octanol–water partition coefficient (Wildman–Crippen LogP) is 1.68. The molecule has 2 nitrogen and oxygen atoms in total. The summed E-state index contributed by atoms with van der Waals surface area (Å²) in [6.07, 6.45) is 0. The van der Waals surface area contributed by atoms with Crippen LogP contribution >= 0.6 is 12.4 Å². The predicted molar refractivity (Wildman–Crippen MR) is 59.1 cm³/mol. The first-order valence-corrected chi connectivity index (χ1v) is 4.18. The zero-order chi connectivity index (χ0) is 9.14. The van der Waals surface area contributed by atoms with Crippen molar-refractivity contribution in [3.63, 3.8) is 0 Å². The van der Waals surface area contributed by atoms with Gasteiger partial charge >= 0.3 is 0 Å². The Labute approximate surface area is 85.7 Å². The summed E-state index contributed by atoms with van der Waals surface area (Å²) in [6.45, 7) is 4.68. The zero-order valence-electron chi connectivity index (χ0n) is 8.08. The molecular formula is C10H17ClN2. The summed E-state index contributed by atoms with van der Waals surface area (Å²) in [5, 5.41) is 0. The molecule has 0 saturated heterocycles. The molecule has 0 aliphatic carbocycles. The molecule has 1 atom stereocenters.